The number of hydrogen-bond acceptors (Lipinski definition) is 4. The Kier molecular flexibility index (Phi) is 4.14. The third-order valence-electron chi connectivity index (χ3n) is 3.70. The largest absolute Gasteiger partial charge is 0.375 e. The van der Waals surface area contributed by atoms with Crippen LogP contribution in [0.4, 0.5) is 5.13 Å². The van der Waals surface area contributed by atoms with Crippen LogP contribution < -0.4 is 5.73 Å². The van der Waals surface area contributed by atoms with E-state index in [0.29, 0.717) is 5.13 Å². The zero-order valence-electron chi connectivity index (χ0n) is 11.5. The Bertz CT molecular complexity index is 589. The van der Waals surface area contributed by atoms with Gasteiger partial charge in [-0.3, -0.25) is 4.90 Å². The molecule has 0 saturated carbocycles. The van der Waals surface area contributed by atoms with Crippen molar-refractivity contribution in [3.8, 4) is 0 Å². The zero-order valence-corrected chi connectivity index (χ0v) is 12.3. The summed E-state index contributed by atoms with van der Waals surface area (Å²) in [5.41, 5.74) is 9.51. The van der Waals surface area contributed by atoms with Gasteiger partial charge in [-0.25, -0.2) is 4.98 Å². The van der Waals surface area contributed by atoms with Gasteiger partial charge >= 0.3 is 0 Å². The molecule has 0 radical (unpaired) electrons. The van der Waals surface area contributed by atoms with Crippen LogP contribution in [0.5, 0.6) is 0 Å². The Morgan fingerprint density at radius 3 is 2.75 bits per heavy atom. The van der Waals surface area contributed by atoms with E-state index < -0.39 is 0 Å². The molecule has 1 aromatic heterocycles. The predicted octanol–water partition coefficient (Wildman–Crippen LogP) is 3.06. The third kappa shape index (κ3) is 3.26. The quantitative estimate of drug-likeness (QED) is 0.939. The van der Waals surface area contributed by atoms with E-state index >= 15 is 0 Å². The van der Waals surface area contributed by atoms with Crippen molar-refractivity contribution in [2.24, 2.45) is 0 Å². The SMILES string of the molecule is Nc1nc(C2=CCN(CCc3ccccc3)CC2)cs1. The molecule has 2 N–H and O–H groups in total. The van der Waals surface area contributed by atoms with Gasteiger partial charge in [-0.2, -0.15) is 0 Å². The Hall–Kier alpha value is -1.65. The van der Waals surface area contributed by atoms with Gasteiger partial charge in [0.2, 0.25) is 0 Å². The van der Waals surface area contributed by atoms with Crippen LogP contribution in [0, 0.1) is 0 Å². The standard InChI is InChI=1S/C16H19N3S/c17-16-18-15(12-20-16)14-7-10-19(11-8-14)9-6-13-4-2-1-3-5-13/h1-5,7,12H,6,8-11H2,(H2,17,18). The maximum absolute atomic E-state index is 5.69. The van der Waals surface area contributed by atoms with E-state index in [1.165, 1.54) is 22.5 Å². The van der Waals surface area contributed by atoms with E-state index in [9.17, 15) is 0 Å². The lowest BCUT2D eigenvalue weighted by molar-refractivity contribution is 0.305. The highest BCUT2D eigenvalue weighted by Crippen LogP contribution is 2.24. The van der Waals surface area contributed by atoms with Crippen LogP contribution in [-0.4, -0.2) is 29.5 Å². The minimum absolute atomic E-state index is 0.660. The first-order chi connectivity index (χ1) is 9.81. The molecule has 0 amide bonds. The molecule has 0 spiro atoms. The maximum atomic E-state index is 5.69. The van der Waals surface area contributed by atoms with Crippen molar-refractivity contribution in [2.45, 2.75) is 12.8 Å². The van der Waals surface area contributed by atoms with Gasteiger partial charge in [0.15, 0.2) is 5.13 Å². The summed E-state index contributed by atoms with van der Waals surface area (Å²) in [7, 11) is 0. The smallest absolute Gasteiger partial charge is 0.180 e. The molecule has 0 fully saturated rings. The molecule has 0 atom stereocenters. The number of thiazole rings is 1. The topological polar surface area (TPSA) is 42.1 Å². The molecule has 0 aliphatic carbocycles. The summed E-state index contributed by atoms with van der Waals surface area (Å²) in [4.78, 5) is 6.85. The van der Waals surface area contributed by atoms with E-state index in [0.717, 1.165) is 38.2 Å². The van der Waals surface area contributed by atoms with Crippen molar-refractivity contribution in [2.75, 3.05) is 25.4 Å². The molecular formula is C16H19N3S. The Morgan fingerprint density at radius 2 is 2.10 bits per heavy atom. The first-order valence-corrected chi connectivity index (χ1v) is 7.86. The summed E-state index contributed by atoms with van der Waals surface area (Å²) in [5.74, 6) is 0. The summed E-state index contributed by atoms with van der Waals surface area (Å²) in [6.45, 7) is 3.24. The van der Waals surface area contributed by atoms with Crippen LogP contribution in [0.3, 0.4) is 0 Å². The molecule has 3 rings (SSSR count). The number of benzene rings is 1. The second-order valence-electron chi connectivity index (χ2n) is 5.09. The predicted molar refractivity (Wildman–Crippen MR) is 85.7 cm³/mol. The van der Waals surface area contributed by atoms with Crippen LogP contribution in [-0.2, 0) is 6.42 Å². The fourth-order valence-electron chi connectivity index (χ4n) is 2.51. The zero-order chi connectivity index (χ0) is 13.8. The highest BCUT2D eigenvalue weighted by molar-refractivity contribution is 7.13. The molecule has 1 aliphatic heterocycles. The third-order valence-corrected chi connectivity index (χ3v) is 4.38. The number of anilines is 1. The van der Waals surface area contributed by atoms with Gasteiger partial charge in [-0.15, -0.1) is 11.3 Å². The Morgan fingerprint density at radius 1 is 1.25 bits per heavy atom. The van der Waals surface area contributed by atoms with Gasteiger partial charge in [0.05, 0.1) is 5.69 Å². The van der Waals surface area contributed by atoms with Crippen LogP contribution in [0.25, 0.3) is 5.57 Å². The monoisotopic (exact) mass is 285 g/mol. The van der Waals surface area contributed by atoms with E-state index in [4.69, 9.17) is 5.73 Å². The molecule has 1 aromatic carbocycles. The molecular weight excluding hydrogens is 266 g/mol. The lowest BCUT2D eigenvalue weighted by atomic mass is 10.0. The summed E-state index contributed by atoms with van der Waals surface area (Å²) < 4.78 is 0. The first kappa shape index (κ1) is 13.3. The molecule has 0 unspecified atom stereocenters. The van der Waals surface area contributed by atoms with E-state index in [2.05, 4.69) is 51.7 Å². The van der Waals surface area contributed by atoms with Gasteiger partial charge in [0, 0.05) is 25.0 Å². The van der Waals surface area contributed by atoms with Gasteiger partial charge in [-0.05, 0) is 24.0 Å². The minimum atomic E-state index is 0.660. The first-order valence-electron chi connectivity index (χ1n) is 6.98. The van der Waals surface area contributed by atoms with Crippen LogP contribution in [0.1, 0.15) is 17.7 Å². The molecule has 4 heteroatoms. The highest BCUT2D eigenvalue weighted by atomic mass is 32.1. The van der Waals surface area contributed by atoms with Crippen molar-refractivity contribution in [3.63, 3.8) is 0 Å². The normalized spacial score (nSPS) is 16.1. The van der Waals surface area contributed by atoms with Gasteiger partial charge in [0.1, 0.15) is 0 Å². The van der Waals surface area contributed by atoms with E-state index in [1.54, 1.807) is 0 Å². The van der Waals surface area contributed by atoms with Crippen LogP contribution in [0.15, 0.2) is 41.8 Å². The van der Waals surface area contributed by atoms with Gasteiger partial charge in [-0.1, -0.05) is 36.4 Å². The van der Waals surface area contributed by atoms with Crippen molar-refractivity contribution in [1.29, 1.82) is 0 Å². The lowest BCUT2D eigenvalue weighted by Gasteiger charge is -2.25. The Balaban J connectivity index is 1.54. The van der Waals surface area contributed by atoms with Crippen molar-refractivity contribution >= 4 is 22.0 Å². The summed E-state index contributed by atoms with van der Waals surface area (Å²) in [6, 6.07) is 10.7. The second-order valence-corrected chi connectivity index (χ2v) is 5.98. The number of nitrogens with two attached hydrogens (primary N) is 1. The van der Waals surface area contributed by atoms with E-state index in [1.807, 2.05) is 0 Å². The molecule has 20 heavy (non-hydrogen) atoms. The molecule has 1 aliphatic rings. The molecule has 3 nitrogen and oxygen atoms in total. The molecule has 2 aromatic rings. The molecule has 104 valence electrons. The van der Waals surface area contributed by atoms with E-state index in [-0.39, 0.29) is 0 Å². The highest BCUT2D eigenvalue weighted by Gasteiger charge is 2.14. The number of aromatic nitrogens is 1. The number of rotatable bonds is 4. The average molecular weight is 285 g/mol. The maximum Gasteiger partial charge on any atom is 0.180 e. The van der Waals surface area contributed by atoms with Crippen molar-refractivity contribution in [1.82, 2.24) is 9.88 Å². The number of hydrogen-bond donors (Lipinski definition) is 1. The average Bonchev–Trinajstić information content (AvgIpc) is 2.93. The Labute approximate surface area is 123 Å². The minimum Gasteiger partial charge on any atom is -0.375 e. The fraction of sp³-hybridized carbons (Fsp3) is 0.312. The summed E-state index contributed by atoms with van der Waals surface area (Å²) in [5, 5.41) is 2.72. The number of nitrogens with zero attached hydrogens (tertiary/aromatic N) is 2. The van der Waals surface area contributed by atoms with Gasteiger partial charge in [0.25, 0.3) is 0 Å². The molecule has 2 heterocycles. The van der Waals surface area contributed by atoms with Crippen molar-refractivity contribution < 1.29 is 0 Å². The summed E-state index contributed by atoms with van der Waals surface area (Å²) in [6.07, 6.45) is 4.48. The second kappa shape index (κ2) is 6.20. The lowest BCUT2D eigenvalue weighted by Crippen LogP contribution is -2.30. The summed E-state index contributed by atoms with van der Waals surface area (Å²) >= 11 is 1.52. The molecule has 0 bridgehead atoms. The van der Waals surface area contributed by atoms with Gasteiger partial charge < -0.3 is 5.73 Å². The van der Waals surface area contributed by atoms with Crippen LogP contribution >= 0.6 is 11.3 Å². The fourth-order valence-corrected chi connectivity index (χ4v) is 3.10. The van der Waals surface area contributed by atoms with Crippen LogP contribution in [0.2, 0.25) is 0 Å². The van der Waals surface area contributed by atoms with Crippen molar-refractivity contribution in [3.05, 3.63) is 53.0 Å². The molecule has 0 saturated heterocycles. The number of nitrogen functional groups attached to an aromatic ring is 1.